The first-order valence-electron chi connectivity index (χ1n) is 6.42. The maximum Gasteiger partial charge on any atom is 0.130 e. The molecule has 0 saturated carbocycles. The molecule has 2 atom stereocenters. The molecule has 2 rings (SSSR count). The molecule has 0 aromatic heterocycles. The molecular formula is C14H20F2N2. The van der Waals surface area contributed by atoms with Gasteiger partial charge in [-0.1, -0.05) is 13.0 Å². The van der Waals surface area contributed by atoms with Crippen LogP contribution in [0.3, 0.4) is 0 Å². The van der Waals surface area contributed by atoms with Crippen LogP contribution in [0.4, 0.5) is 8.78 Å². The lowest BCUT2D eigenvalue weighted by Crippen LogP contribution is -2.46. The molecular weight excluding hydrogens is 234 g/mol. The summed E-state index contributed by atoms with van der Waals surface area (Å²) in [5.74, 6) is -0.445. The normalized spacial score (nSPS) is 25.3. The lowest BCUT2D eigenvalue weighted by atomic mass is 9.94. The smallest absolute Gasteiger partial charge is 0.130 e. The standard InChI is InChI=1S/C14H20F2N2/c1-10-9-18(2)6-5-14(10)17-8-11-3-4-12(15)7-13(11)16/h3-4,7,10,14,17H,5-6,8-9H2,1-2H3/t10-,14-/m0/s1. The average molecular weight is 254 g/mol. The third kappa shape index (κ3) is 3.27. The first-order valence-corrected chi connectivity index (χ1v) is 6.42. The van der Waals surface area contributed by atoms with Crippen LogP contribution in [0.5, 0.6) is 0 Å². The van der Waals surface area contributed by atoms with Gasteiger partial charge in [-0.2, -0.15) is 0 Å². The van der Waals surface area contributed by atoms with E-state index in [1.165, 1.54) is 12.1 Å². The lowest BCUT2D eigenvalue weighted by Gasteiger charge is -2.35. The number of hydrogen-bond acceptors (Lipinski definition) is 2. The van der Waals surface area contributed by atoms with E-state index < -0.39 is 11.6 Å². The molecule has 0 unspecified atom stereocenters. The molecule has 1 aliphatic heterocycles. The van der Waals surface area contributed by atoms with Crippen molar-refractivity contribution in [3.05, 3.63) is 35.4 Å². The zero-order valence-electron chi connectivity index (χ0n) is 10.9. The molecule has 2 nitrogen and oxygen atoms in total. The zero-order chi connectivity index (χ0) is 13.1. The van der Waals surface area contributed by atoms with E-state index in [0.717, 1.165) is 25.6 Å². The quantitative estimate of drug-likeness (QED) is 0.891. The highest BCUT2D eigenvalue weighted by Crippen LogP contribution is 2.17. The van der Waals surface area contributed by atoms with Crippen LogP contribution in [-0.2, 0) is 6.54 Å². The van der Waals surface area contributed by atoms with Gasteiger partial charge < -0.3 is 10.2 Å². The molecule has 1 aromatic carbocycles. The number of benzene rings is 1. The highest BCUT2D eigenvalue weighted by molar-refractivity contribution is 5.18. The van der Waals surface area contributed by atoms with Crippen LogP contribution in [0.25, 0.3) is 0 Å². The van der Waals surface area contributed by atoms with Gasteiger partial charge in [0, 0.05) is 30.8 Å². The average Bonchev–Trinajstić information content (AvgIpc) is 2.30. The SMILES string of the molecule is C[C@H]1CN(C)CC[C@@H]1NCc1ccc(F)cc1F. The minimum atomic E-state index is -0.524. The maximum absolute atomic E-state index is 13.5. The molecule has 100 valence electrons. The number of piperidine rings is 1. The van der Waals surface area contributed by atoms with Crippen LogP contribution < -0.4 is 5.32 Å². The molecule has 4 heteroatoms. The molecule has 1 N–H and O–H groups in total. The van der Waals surface area contributed by atoms with Gasteiger partial charge >= 0.3 is 0 Å². The number of hydrogen-bond donors (Lipinski definition) is 1. The molecule has 0 amide bonds. The number of likely N-dealkylation sites (tertiary alicyclic amines) is 1. The summed E-state index contributed by atoms with van der Waals surface area (Å²) in [7, 11) is 2.12. The summed E-state index contributed by atoms with van der Waals surface area (Å²) in [5.41, 5.74) is 0.530. The Morgan fingerprint density at radius 1 is 1.39 bits per heavy atom. The van der Waals surface area contributed by atoms with E-state index >= 15 is 0 Å². The van der Waals surface area contributed by atoms with Crippen molar-refractivity contribution in [1.29, 1.82) is 0 Å². The Balaban J connectivity index is 1.91. The molecule has 18 heavy (non-hydrogen) atoms. The Labute approximate surface area is 107 Å². The first-order chi connectivity index (χ1) is 8.56. The summed E-state index contributed by atoms with van der Waals surface area (Å²) in [6.07, 6.45) is 1.07. The van der Waals surface area contributed by atoms with Gasteiger partial charge in [0.15, 0.2) is 0 Å². The highest BCUT2D eigenvalue weighted by Gasteiger charge is 2.23. The summed E-state index contributed by atoms with van der Waals surface area (Å²) >= 11 is 0. The Bertz CT molecular complexity index is 409. The Kier molecular flexibility index (Phi) is 4.30. The van der Waals surface area contributed by atoms with Gasteiger partial charge in [-0.05, 0) is 32.0 Å². The molecule has 1 heterocycles. The third-order valence-corrected chi connectivity index (χ3v) is 3.68. The fourth-order valence-electron chi connectivity index (χ4n) is 2.56. The number of nitrogens with zero attached hydrogens (tertiary/aromatic N) is 1. The molecule has 1 fully saturated rings. The zero-order valence-corrected chi connectivity index (χ0v) is 10.9. The van der Waals surface area contributed by atoms with E-state index in [9.17, 15) is 8.78 Å². The maximum atomic E-state index is 13.5. The number of nitrogens with one attached hydrogen (secondary N) is 1. The summed E-state index contributed by atoms with van der Waals surface area (Å²) < 4.78 is 26.3. The molecule has 0 aliphatic carbocycles. The van der Waals surface area contributed by atoms with E-state index in [0.29, 0.717) is 24.1 Å². The summed E-state index contributed by atoms with van der Waals surface area (Å²) in [4.78, 5) is 2.31. The van der Waals surface area contributed by atoms with E-state index in [1.807, 2.05) is 0 Å². The Morgan fingerprint density at radius 2 is 2.17 bits per heavy atom. The third-order valence-electron chi connectivity index (χ3n) is 3.68. The lowest BCUT2D eigenvalue weighted by molar-refractivity contribution is 0.174. The monoisotopic (exact) mass is 254 g/mol. The van der Waals surface area contributed by atoms with Crippen LogP contribution in [0.15, 0.2) is 18.2 Å². The molecule has 1 saturated heterocycles. The topological polar surface area (TPSA) is 15.3 Å². The van der Waals surface area contributed by atoms with Crippen molar-refractivity contribution >= 4 is 0 Å². The van der Waals surface area contributed by atoms with Gasteiger partial charge in [-0.15, -0.1) is 0 Å². The van der Waals surface area contributed by atoms with Crippen LogP contribution >= 0.6 is 0 Å². The van der Waals surface area contributed by atoms with Gasteiger partial charge in [-0.25, -0.2) is 8.78 Å². The van der Waals surface area contributed by atoms with Crippen LogP contribution in [-0.4, -0.2) is 31.1 Å². The second-order valence-corrected chi connectivity index (χ2v) is 5.25. The van der Waals surface area contributed by atoms with Crippen LogP contribution in [0.1, 0.15) is 18.9 Å². The fourth-order valence-corrected chi connectivity index (χ4v) is 2.56. The van der Waals surface area contributed by atoms with Crippen molar-refractivity contribution in [2.24, 2.45) is 5.92 Å². The van der Waals surface area contributed by atoms with Crippen molar-refractivity contribution in [2.75, 3.05) is 20.1 Å². The minimum absolute atomic E-state index is 0.408. The van der Waals surface area contributed by atoms with Gasteiger partial charge in [0.2, 0.25) is 0 Å². The van der Waals surface area contributed by atoms with Crippen molar-refractivity contribution in [3.8, 4) is 0 Å². The molecule has 0 radical (unpaired) electrons. The minimum Gasteiger partial charge on any atom is -0.309 e. The summed E-state index contributed by atoms with van der Waals surface area (Å²) in [6, 6.07) is 4.16. The van der Waals surface area contributed by atoms with E-state index in [2.05, 4.69) is 24.2 Å². The predicted octanol–water partition coefficient (Wildman–Crippen LogP) is 2.39. The van der Waals surface area contributed by atoms with Crippen LogP contribution in [0, 0.1) is 17.6 Å². The number of rotatable bonds is 3. The van der Waals surface area contributed by atoms with Crippen molar-refractivity contribution in [3.63, 3.8) is 0 Å². The second-order valence-electron chi connectivity index (χ2n) is 5.25. The van der Waals surface area contributed by atoms with Crippen molar-refractivity contribution in [1.82, 2.24) is 10.2 Å². The van der Waals surface area contributed by atoms with Gasteiger partial charge in [-0.3, -0.25) is 0 Å². The van der Waals surface area contributed by atoms with Gasteiger partial charge in [0.25, 0.3) is 0 Å². The van der Waals surface area contributed by atoms with Gasteiger partial charge in [0.1, 0.15) is 11.6 Å². The molecule has 1 aromatic rings. The Hall–Kier alpha value is -1.00. The summed E-state index contributed by atoms with van der Waals surface area (Å²) in [6.45, 7) is 4.79. The largest absolute Gasteiger partial charge is 0.309 e. The Morgan fingerprint density at radius 3 is 2.83 bits per heavy atom. The predicted molar refractivity (Wildman–Crippen MR) is 68.3 cm³/mol. The van der Waals surface area contributed by atoms with Gasteiger partial charge in [0.05, 0.1) is 0 Å². The first kappa shape index (κ1) is 13.4. The molecule has 0 bridgehead atoms. The van der Waals surface area contributed by atoms with Crippen LogP contribution in [0.2, 0.25) is 0 Å². The van der Waals surface area contributed by atoms with Crippen molar-refractivity contribution < 1.29 is 8.78 Å². The van der Waals surface area contributed by atoms with Crippen molar-refractivity contribution in [2.45, 2.75) is 25.9 Å². The van der Waals surface area contributed by atoms with E-state index in [1.54, 1.807) is 0 Å². The molecule has 1 aliphatic rings. The molecule has 0 spiro atoms. The van der Waals surface area contributed by atoms with E-state index in [-0.39, 0.29) is 0 Å². The number of halogens is 2. The highest BCUT2D eigenvalue weighted by atomic mass is 19.1. The summed E-state index contributed by atoms with van der Waals surface area (Å²) in [5, 5.41) is 3.38. The second kappa shape index (κ2) is 5.76. The van der Waals surface area contributed by atoms with E-state index in [4.69, 9.17) is 0 Å². The fraction of sp³-hybridized carbons (Fsp3) is 0.571.